The second-order valence-corrected chi connectivity index (χ2v) is 7.57. The van der Waals surface area contributed by atoms with Gasteiger partial charge in [0.2, 0.25) is 0 Å². The lowest BCUT2D eigenvalue weighted by atomic mass is 9.84. The van der Waals surface area contributed by atoms with E-state index in [4.69, 9.17) is 4.74 Å². The molecule has 116 valence electrons. The van der Waals surface area contributed by atoms with Gasteiger partial charge in [0.25, 0.3) is 0 Å². The summed E-state index contributed by atoms with van der Waals surface area (Å²) in [5, 5.41) is 0. The summed E-state index contributed by atoms with van der Waals surface area (Å²) in [6.07, 6.45) is 2.39. The van der Waals surface area contributed by atoms with Crippen molar-refractivity contribution < 1.29 is 9.53 Å². The SMILES string of the molecule is CC1(C)CCCN(c2cccc(C(=O)OC(C)(C)C)n2)C1. The van der Waals surface area contributed by atoms with Crippen molar-refractivity contribution >= 4 is 11.8 Å². The Hall–Kier alpha value is -1.58. The number of pyridine rings is 1. The molecule has 2 rings (SSSR count). The Morgan fingerprint density at radius 2 is 2.05 bits per heavy atom. The molecular weight excluding hydrogens is 264 g/mol. The van der Waals surface area contributed by atoms with Crippen LogP contribution in [0, 0.1) is 5.41 Å². The van der Waals surface area contributed by atoms with Crippen LogP contribution in [0.4, 0.5) is 5.82 Å². The molecule has 0 unspecified atom stereocenters. The molecule has 4 heteroatoms. The maximum Gasteiger partial charge on any atom is 0.357 e. The van der Waals surface area contributed by atoms with Crippen LogP contribution in [-0.4, -0.2) is 29.6 Å². The maximum atomic E-state index is 12.1. The minimum Gasteiger partial charge on any atom is -0.455 e. The molecule has 0 spiro atoms. The highest BCUT2D eigenvalue weighted by Gasteiger charge is 2.27. The molecule has 0 N–H and O–H groups in total. The largest absolute Gasteiger partial charge is 0.455 e. The highest BCUT2D eigenvalue weighted by Crippen LogP contribution is 2.30. The van der Waals surface area contributed by atoms with Crippen molar-refractivity contribution in [1.82, 2.24) is 4.98 Å². The van der Waals surface area contributed by atoms with Crippen molar-refractivity contribution in [1.29, 1.82) is 0 Å². The van der Waals surface area contributed by atoms with Gasteiger partial charge in [-0.3, -0.25) is 0 Å². The molecule has 1 saturated heterocycles. The Kier molecular flexibility index (Phi) is 4.26. The molecule has 1 aliphatic rings. The van der Waals surface area contributed by atoms with Gasteiger partial charge in [0.05, 0.1) is 0 Å². The highest BCUT2D eigenvalue weighted by atomic mass is 16.6. The van der Waals surface area contributed by atoms with Crippen molar-refractivity contribution in [2.45, 2.75) is 53.1 Å². The van der Waals surface area contributed by atoms with E-state index in [1.807, 2.05) is 32.9 Å². The number of carbonyl (C=O) groups excluding carboxylic acids is 1. The zero-order valence-electron chi connectivity index (χ0n) is 13.8. The molecule has 1 fully saturated rings. The predicted molar refractivity (Wildman–Crippen MR) is 84.6 cm³/mol. The number of esters is 1. The van der Waals surface area contributed by atoms with Gasteiger partial charge in [0, 0.05) is 13.1 Å². The monoisotopic (exact) mass is 290 g/mol. The van der Waals surface area contributed by atoms with Crippen LogP contribution < -0.4 is 4.90 Å². The van der Waals surface area contributed by atoms with Gasteiger partial charge in [-0.2, -0.15) is 0 Å². The normalized spacial score (nSPS) is 18.4. The molecule has 0 radical (unpaired) electrons. The third-order valence-corrected chi connectivity index (χ3v) is 3.57. The maximum absolute atomic E-state index is 12.1. The third kappa shape index (κ3) is 4.45. The zero-order valence-corrected chi connectivity index (χ0v) is 13.8. The first-order valence-corrected chi connectivity index (χ1v) is 7.62. The molecule has 21 heavy (non-hydrogen) atoms. The molecule has 1 aromatic rings. The first kappa shape index (κ1) is 15.8. The predicted octanol–water partition coefficient (Wildman–Crippen LogP) is 3.66. The van der Waals surface area contributed by atoms with Gasteiger partial charge >= 0.3 is 5.97 Å². The molecule has 4 nitrogen and oxygen atoms in total. The Balaban J connectivity index is 2.16. The number of piperidine rings is 1. The molecule has 0 bridgehead atoms. The summed E-state index contributed by atoms with van der Waals surface area (Å²) < 4.78 is 5.39. The van der Waals surface area contributed by atoms with E-state index in [0.717, 1.165) is 25.3 Å². The van der Waals surface area contributed by atoms with Gasteiger partial charge in [-0.15, -0.1) is 0 Å². The van der Waals surface area contributed by atoms with Gasteiger partial charge in [-0.1, -0.05) is 19.9 Å². The summed E-state index contributed by atoms with van der Waals surface area (Å²) in [6.45, 7) is 12.1. The van der Waals surface area contributed by atoms with E-state index in [-0.39, 0.29) is 5.97 Å². The number of hydrogen-bond acceptors (Lipinski definition) is 4. The van der Waals surface area contributed by atoms with Crippen LogP contribution in [0.5, 0.6) is 0 Å². The van der Waals surface area contributed by atoms with E-state index in [9.17, 15) is 4.79 Å². The van der Waals surface area contributed by atoms with Crippen LogP contribution in [0.25, 0.3) is 0 Å². The number of hydrogen-bond donors (Lipinski definition) is 0. The Morgan fingerprint density at radius 3 is 2.67 bits per heavy atom. The number of anilines is 1. The van der Waals surface area contributed by atoms with Gasteiger partial charge in [0.1, 0.15) is 11.4 Å². The summed E-state index contributed by atoms with van der Waals surface area (Å²) in [6, 6.07) is 5.56. The minimum absolute atomic E-state index is 0.294. The van der Waals surface area contributed by atoms with Crippen molar-refractivity contribution in [2.24, 2.45) is 5.41 Å². The summed E-state index contributed by atoms with van der Waals surface area (Å²) >= 11 is 0. The summed E-state index contributed by atoms with van der Waals surface area (Å²) in [4.78, 5) is 18.9. The molecule has 0 aliphatic carbocycles. The average molecular weight is 290 g/mol. The number of ether oxygens (including phenoxy) is 1. The van der Waals surface area contributed by atoms with Crippen molar-refractivity contribution in [3.8, 4) is 0 Å². The topological polar surface area (TPSA) is 42.4 Å². The van der Waals surface area contributed by atoms with E-state index in [2.05, 4.69) is 23.7 Å². The van der Waals surface area contributed by atoms with Gasteiger partial charge in [-0.05, 0) is 51.2 Å². The molecular formula is C17H26N2O2. The Morgan fingerprint density at radius 1 is 1.33 bits per heavy atom. The van der Waals surface area contributed by atoms with E-state index in [1.165, 1.54) is 6.42 Å². The quantitative estimate of drug-likeness (QED) is 0.780. The molecule has 0 amide bonds. The van der Waals surface area contributed by atoms with E-state index < -0.39 is 5.60 Å². The minimum atomic E-state index is -0.498. The number of nitrogens with zero attached hydrogens (tertiary/aromatic N) is 2. The second kappa shape index (κ2) is 5.66. The third-order valence-electron chi connectivity index (χ3n) is 3.57. The lowest BCUT2D eigenvalue weighted by Crippen LogP contribution is -2.40. The molecule has 1 aliphatic heterocycles. The molecule has 0 aromatic carbocycles. The second-order valence-electron chi connectivity index (χ2n) is 7.57. The van der Waals surface area contributed by atoms with Crippen LogP contribution in [0.15, 0.2) is 18.2 Å². The highest BCUT2D eigenvalue weighted by molar-refractivity contribution is 5.88. The van der Waals surface area contributed by atoms with Crippen LogP contribution >= 0.6 is 0 Å². The van der Waals surface area contributed by atoms with E-state index in [0.29, 0.717) is 11.1 Å². The fraction of sp³-hybridized carbons (Fsp3) is 0.647. The molecule has 1 aromatic heterocycles. The van der Waals surface area contributed by atoms with Crippen molar-refractivity contribution in [2.75, 3.05) is 18.0 Å². The van der Waals surface area contributed by atoms with Gasteiger partial charge < -0.3 is 9.64 Å². The Labute approximate surface area is 127 Å². The Bertz CT molecular complexity index is 518. The average Bonchev–Trinajstić information content (AvgIpc) is 2.36. The lowest BCUT2D eigenvalue weighted by Gasteiger charge is -2.38. The fourth-order valence-corrected chi connectivity index (χ4v) is 2.66. The summed E-state index contributed by atoms with van der Waals surface area (Å²) in [5.41, 5.74) is 0.176. The van der Waals surface area contributed by atoms with Gasteiger partial charge in [-0.25, -0.2) is 9.78 Å². The first-order chi connectivity index (χ1) is 9.66. The van der Waals surface area contributed by atoms with Crippen LogP contribution in [0.3, 0.4) is 0 Å². The number of aromatic nitrogens is 1. The lowest BCUT2D eigenvalue weighted by molar-refractivity contribution is 0.00629. The zero-order chi connectivity index (χ0) is 15.7. The van der Waals surface area contributed by atoms with Crippen molar-refractivity contribution in [3.63, 3.8) is 0 Å². The van der Waals surface area contributed by atoms with Crippen molar-refractivity contribution in [3.05, 3.63) is 23.9 Å². The summed E-state index contributed by atoms with van der Waals surface area (Å²) in [7, 11) is 0. The van der Waals surface area contributed by atoms with Crippen LogP contribution in [0.2, 0.25) is 0 Å². The van der Waals surface area contributed by atoms with Crippen LogP contribution in [-0.2, 0) is 4.74 Å². The fourth-order valence-electron chi connectivity index (χ4n) is 2.66. The first-order valence-electron chi connectivity index (χ1n) is 7.62. The van der Waals surface area contributed by atoms with E-state index in [1.54, 1.807) is 6.07 Å². The number of carbonyl (C=O) groups is 1. The van der Waals surface area contributed by atoms with E-state index >= 15 is 0 Å². The molecule has 0 atom stereocenters. The molecule has 0 saturated carbocycles. The smallest absolute Gasteiger partial charge is 0.357 e. The van der Waals surface area contributed by atoms with Crippen LogP contribution in [0.1, 0.15) is 57.9 Å². The number of rotatable bonds is 2. The van der Waals surface area contributed by atoms with Gasteiger partial charge in [0.15, 0.2) is 5.69 Å². The standard InChI is InChI=1S/C17H26N2O2/c1-16(2,3)21-15(20)13-8-6-9-14(18-13)19-11-7-10-17(4,5)12-19/h6,8-9H,7,10-12H2,1-5H3. The molecule has 2 heterocycles. The summed E-state index contributed by atoms with van der Waals surface area (Å²) in [5.74, 6) is 0.506.